The predicted molar refractivity (Wildman–Crippen MR) is 88.5 cm³/mol. The number of hydrogen-bond acceptors (Lipinski definition) is 5. The maximum atomic E-state index is 9.83. The number of phenolic OH excluding ortho intramolecular Hbond substituents is 1. The lowest BCUT2D eigenvalue weighted by atomic mass is 10.2. The molecule has 3 N–H and O–H groups in total. The lowest BCUT2D eigenvalue weighted by Crippen LogP contribution is -1.95. The number of rotatable bonds is 3. The standard InChI is InChI=1S/C13H11BrN6OS/c1-7-4-10(17-16-7)12-18-19-13(22)20(12)15-6-8-5-9(14)2-3-11(8)21/h2-6,21H,1H3,(H,16,17)(H,19,22). The minimum absolute atomic E-state index is 0.124. The van der Waals surface area contributed by atoms with Gasteiger partial charge >= 0.3 is 0 Å². The Kier molecular flexibility index (Phi) is 3.90. The lowest BCUT2D eigenvalue weighted by Gasteiger charge is -2.00. The van der Waals surface area contributed by atoms with Crippen LogP contribution in [-0.2, 0) is 0 Å². The second kappa shape index (κ2) is 5.85. The van der Waals surface area contributed by atoms with Gasteiger partial charge in [-0.1, -0.05) is 15.9 Å². The van der Waals surface area contributed by atoms with Crippen molar-refractivity contribution in [2.24, 2.45) is 5.10 Å². The van der Waals surface area contributed by atoms with Crippen molar-refractivity contribution >= 4 is 34.4 Å². The third-order valence-electron chi connectivity index (χ3n) is 2.89. The summed E-state index contributed by atoms with van der Waals surface area (Å²) in [5.41, 5.74) is 2.09. The maximum absolute atomic E-state index is 9.83. The van der Waals surface area contributed by atoms with Crippen molar-refractivity contribution < 1.29 is 5.11 Å². The summed E-state index contributed by atoms with van der Waals surface area (Å²) in [6, 6.07) is 6.92. The molecule has 9 heteroatoms. The van der Waals surface area contributed by atoms with Gasteiger partial charge in [0.15, 0.2) is 0 Å². The van der Waals surface area contributed by atoms with Crippen LogP contribution in [0.4, 0.5) is 0 Å². The van der Waals surface area contributed by atoms with E-state index in [0.717, 1.165) is 10.2 Å². The van der Waals surface area contributed by atoms with E-state index < -0.39 is 0 Å². The molecule has 0 saturated carbocycles. The van der Waals surface area contributed by atoms with Gasteiger partial charge in [-0.3, -0.25) is 5.10 Å². The van der Waals surface area contributed by atoms with Crippen LogP contribution in [0.15, 0.2) is 33.8 Å². The first-order chi connectivity index (χ1) is 10.5. The van der Waals surface area contributed by atoms with Crippen LogP contribution in [-0.4, -0.2) is 36.4 Å². The summed E-state index contributed by atoms with van der Waals surface area (Å²) in [5.74, 6) is 0.610. The summed E-state index contributed by atoms with van der Waals surface area (Å²) >= 11 is 8.53. The lowest BCUT2D eigenvalue weighted by molar-refractivity contribution is 0.474. The monoisotopic (exact) mass is 378 g/mol. The molecular weight excluding hydrogens is 368 g/mol. The molecule has 2 heterocycles. The minimum atomic E-state index is 0.124. The summed E-state index contributed by atoms with van der Waals surface area (Å²) in [6.07, 6.45) is 1.51. The minimum Gasteiger partial charge on any atom is -0.507 e. The Morgan fingerprint density at radius 1 is 1.32 bits per heavy atom. The first-order valence-electron chi connectivity index (χ1n) is 6.27. The third-order valence-corrected chi connectivity index (χ3v) is 3.64. The number of hydrogen-bond donors (Lipinski definition) is 3. The fraction of sp³-hybridized carbons (Fsp3) is 0.0769. The summed E-state index contributed by atoms with van der Waals surface area (Å²) in [4.78, 5) is 0. The average molecular weight is 379 g/mol. The highest BCUT2D eigenvalue weighted by Crippen LogP contribution is 2.21. The van der Waals surface area contributed by atoms with E-state index in [2.05, 4.69) is 41.4 Å². The van der Waals surface area contributed by atoms with Gasteiger partial charge in [-0.25, -0.2) is 5.10 Å². The highest BCUT2D eigenvalue weighted by Gasteiger charge is 2.11. The van der Waals surface area contributed by atoms with Gasteiger partial charge in [0, 0.05) is 15.7 Å². The van der Waals surface area contributed by atoms with Crippen molar-refractivity contribution in [3.63, 3.8) is 0 Å². The zero-order valence-corrected chi connectivity index (χ0v) is 13.8. The van der Waals surface area contributed by atoms with Gasteiger partial charge in [0.25, 0.3) is 0 Å². The van der Waals surface area contributed by atoms with Crippen LogP contribution in [0.3, 0.4) is 0 Å². The summed E-state index contributed by atoms with van der Waals surface area (Å²) in [5, 5.41) is 27.9. The van der Waals surface area contributed by atoms with E-state index in [1.54, 1.807) is 18.2 Å². The zero-order chi connectivity index (χ0) is 15.7. The molecule has 0 radical (unpaired) electrons. The van der Waals surface area contributed by atoms with Crippen molar-refractivity contribution in [3.8, 4) is 17.3 Å². The second-order valence-corrected chi connectivity index (χ2v) is 5.85. The number of aryl methyl sites for hydroxylation is 1. The molecule has 22 heavy (non-hydrogen) atoms. The Morgan fingerprint density at radius 3 is 2.86 bits per heavy atom. The van der Waals surface area contributed by atoms with Gasteiger partial charge in [0.1, 0.15) is 11.4 Å². The van der Waals surface area contributed by atoms with Crippen molar-refractivity contribution in [3.05, 3.63) is 44.8 Å². The Morgan fingerprint density at radius 2 is 2.14 bits per heavy atom. The Bertz CT molecular complexity index is 909. The number of phenols is 1. The fourth-order valence-corrected chi connectivity index (χ4v) is 2.40. The van der Waals surface area contributed by atoms with Crippen LogP contribution in [0.1, 0.15) is 11.3 Å². The Labute approximate surface area is 138 Å². The maximum Gasteiger partial charge on any atom is 0.216 e. The topological polar surface area (TPSA) is 94.9 Å². The molecule has 7 nitrogen and oxygen atoms in total. The van der Waals surface area contributed by atoms with E-state index in [9.17, 15) is 5.11 Å². The van der Waals surface area contributed by atoms with Gasteiger partial charge in [-0.15, -0.1) is 0 Å². The van der Waals surface area contributed by atoms with E-state index in [4.69, 9.17) is 12.2 Å². The number of halogens is 1. The van der Waals surface area contributed by atoms with Crippen molar-refractivity contribution in [2.75, 3.05) is 0 Å². The molecule has 1 aromatic carbocycles. The van der Waals surface area contributed by atoms with Crippen LogP contribution in [0.5, 0.6) is 5.75 Å². The molecule has 112 valence electrons. The Hall–Kier alpha value is -2.26. The van der Waals surface area contributed by atoms with E-state index in [-0.39, 0.29) is 5.75 Å². The van der Waals surface area contributed by atoms with Gasteiger partial charge in [-0.2, -0.15) is 20.0 Å². The number of H-pyrrole nitrogens is 2. The van der Waals surface area contributed by atoms with Crippen molar-refractivity contribution in [1.82, 2.24) is 25.1 Å². The summed E-state index contributed by atoms with van der Waals surface area (Å²) in [6.45, 7) is 1.89. The van der Waals surface area contributed by atoms with Gasteiger partial charge in [-0.05, 0) is 43.4 Å². The zero-order valence-electron chi connectivity index (χ0n) is 11.4. The molecule has 3 rings (SSSR count). The molecule has 0 aliphatic rings. The summed E-state index contributed by atoms with van der Waals surface area (Å²) in [7, 11) is 0. The number of aromatic nitrogens is 5. The number of aromatic hydroxyl groups is 1. The van der Waals surface area contributed by atoms with Crippen LogP contribution < -0.4 is 0 Å². The number of nitrogens with one attached hydrogen (secondary N) is 2. The average Bonchev–Trinajstić information content (AvgIpc) is 3.06. The molecule has 0 spiro atoms. The number of nitrogens with zero attached hydrogens (tertiary/aromatic N) is 4. The quantitative estimate of drug-likeness (QED) is 0.482. The van der Waals surface area contributed by atoms with E-state index in [1.165, 1.54) is 10.9 Å². The van der Waals surface area contributed by atoms with Crippen molar-refractivity contribution in [1.29, 1.82) is 0 Å². The summed E-state index contributed by atoms with van der Waals surface area (Å²) < 4.78 is 2.62. The molecule has 0 aliphatic heterocycles. The van der Waals surface area contributed by atoms with E-state index in [0.29, 0.717) is 21.9 Å². The predicted octanol–water partition coefficient (Wildman–Crippen LogP) is 2.99. The largest absolute Gasteiger partial charge is 0.507 e. The highest BCUT2D eigenvalue weighted by atomic mass is 79.9. The Balaban J connectivity index is 2.02. The smallest absolute Gasteiger partial charge is 0.216 e. The molecule has 0 aliphatic carbocycles. The van der Waals surface area contributed by atoms with E-state index >= 15 is 0 Å². The van der Waals surface area contributed by atoms with Crippen LogP contribution in [0.2, 0.25) is 0 Å². The first-order valence-corrected chi connectivity index (χ1v) is 7.47. The highest BCUT2D eigenvalue weighted by molar-refractivity contribution is 9.10. The molecule has 2 aromatic heterocycles. The fourth-order valence-electron chi connectivity index (χ4n) is 1.85. The van der Waals surface area contributed by atoms with Gasteiger partial charge in [0.2, 0.25) is 10.6 Å². The molecule has 0 amide bonds. The van der Waals surface area contributed by atoms with Crippen LogP contribution >= 0.6 is 28.1 Å². The molecule has 0 saturated heterocycles. The first kappa shape index (κ1) is 14.7. The molecule has 0 atom stereocenters. The van der Waals surface area contributed by atoms with E-state index in [1.807, 2.05) is 13.0 Å². The molecule has 3 aromatic rings. The third kappa shape index (κ3) is 2.85. The second-order valence-electron chi connectivity index (χ2n) is 4.55. The molecule has 0 unspecified atom stereocenters. The molecule has 0 bridgehead atoms. The molecule has 0 fully saturated rings. The number of aromatic amines is 2. The normalized spacial score (nSPS) is 11.4. The molecular formula is C13H11BrN6OS. The van der Waals surface area contributed by atoms with Gasteiger partial charge < -0.3 is 5.11 Å². The van der Waals surface area contributed by atoms with Crippen LogP contribution in [0, 0.1) is 11.7 Å². The van der Waals surface area contributed by atoms with Crippen LogP contribution in [0.25, 0.3) is 11.5 Å². The van der Waals surface area contributed by atoms with Gasteiger partial charge in [0.05, 0.1) is 6.21 Å². The van der Waals surface area contributed by atoms with Crippen molar-refractivity contribution in [2.45, 2.75) is 6.92 Å². The SMILES string of the molecule is Cc1cc(-c2n[nH]c(=S)n2N=Cc2cc(Br)ccc2O)n[nH]1. The number of benzene rings is 1.